The second kappa shape index (κ2) is 49.1. The zero-order chi connectivity index (χ0) is 80.7. The molecule has 0 fully saturated rings. The first-order chi connectivity index (χ1) is 52.0. The normalized spacial score (nSPS) is 14.2. The van der Waals surface area contributed by atoms with E-state index in [-0.39, 0.29) is 43.9 Å². The molecule has 0 saturated carbocycles. The van der Waals surface area contributed by atoms with Crippen LogP contribution in [0.15, 0.2) is 36.4 Å². The molecular weight excluding hydrogens is 1400 g/mol. The third-order valence-electron chi connectivity index (χ3n) is 18.5. The Morgan fingerprint density at radius 3 is 1.00 bits per heavy atom. The Morgan fingerprint density at radius 2 is 0.670 bits per heavy atom. The molecule has 0 aromatic heterocycles. The van der Waals surface area contributed by atoms with E-state index in [0.29, 0.717) is 177 Å². The van der Waals surface area contributed by atoms with Crippen molar-refractivity contribution in [2.75, 3.05) is 80.4 Å². The van der Waals surface area contributed by atoms with E-state index in [4.69, 9.17) is 68.6 Å². The van der Waals surface area contributed by atoms with Gasteiger partial charge < -0.3 is 116 Å². The fourth-order valence-electron chi connectivity index (χ4n) is 12.1. The van der Waals surface area contributed by atoms with Crippen molar-refractivity contribution < 1.29 is 76.4 Å². The third-order valence-corrected chi connectivity index (χ3v) is 18.5. The summed E-state index contributed by atoms with van der Waals surface area (Å²) in [6, 6.07) is 2.73. The van der Waals surface area contributed by atoms with Gasteiger partial charge in [-0.1, -0.05) is 40.5 Å². The number of methoxy groups -OCH3 is 3. The van der Waals surface area contributed by atoms with Gasteiger partial charge in [0.2, 0.25) is 53.2 Å². The number of nitrogens with two attached hydrogens (primary N) is 7. The Labute approximate surface area is 642 Å². The second-order valence-corrected chi connectivity index (χ2v) is 28.6. The van der Waals surface area contributed by atoms with Crippen molar-refractivity contribution in [3.05, 3.63) is 69.8 Å². The zero-order valence-corrected chi connectivity index (χ0v) is 65.7. The maximum atomic E-state index is 13.9. The highest BCUT2D eigenvalue weighted by atomic mass is 16.5. The summed E-state index contributed by atoms with van der Waals surface area (Å²) in [7, 11) is 4.53. The Kier molecular flexibility index (Phi) is 41.6. The topological polar surface area (TPSA) is 516 Å². The van der Waals surface area contributed by atoms with E-state index in [1.165, 1.54) is 42.1 Å². The Balaban J connectivity index is 1.65. The molecule has 3 aromatic carbocycles. The van der Waals surface area contributed by atoms with Gasteiger partial charge in [0.1, 0.15) is 42.3 Å². The number of primary amides is 1. The molecule has 0 spiro atoms. The highest BCUT2D eigenvalue weighted by Crippen LogP contribution is 2.41. The second-order valence-electron chi connectivity index (χ2n) is 28.6. The van der Waals surface area contributed by atoms with Gasteiger partial charge >= 0.3 is 0 Å². The van der Waals surface area contributed by atoms with Crippen molar-refractivity contribution in [2.45, 2.75) is 225 Å². The van der Waals surface area contributed by atoms with Gasteiger partial charge in [0.15, 0.2) is 41.1 Å². The standard InChI is InChI=1S/C77H126N16O16/c1-45(2)33-60(92-72(98)56(82)21-11-15-25-78)76(102)90-58(23-13-17-27-80)74(100)85-29-19-31-107-65-41-53-35-50-38-62(104-8)66(108-32-20-30-86-75(101)59(24-14-18-28-81)91-77(103)61(34-46(3)4)93-73(99)57(83)22-12-16-26-79)42-54(50)36-52-40-64(106-10)67(43-55(52)37-51(53)39-63(65)105-9)109-44-68(94)87-48(6)70(96)89-49(7)71(97)88-47(5)69(84)95/h38-43,45-49,56-61H,11-37,44,78-83H2,1-10H3,(H2,84,95)(H,85,100)(H,86,101)(H,87,94)(H,88,97)(H,89,96)(H,90,102)(H,91,103)(H,92,98)(H,93,99)/t47-,48-,49-,56-,57-,58-,59-,60-,61-/m0/s1. The number of amides is 10. The van der Waals surface area contributed by atoms with E-state index in [0.717, 1.165) is 33.4 Å². The first-order valence-corrected chi connectivity index (χ1v) is 38.3. The monoisotopic (exact) mass is 1530 g/mol. The number of hydrogen-bond acceptors (Lipinski definition) is 22. The van der Waals surface area contributed by atoms with E-state index >= 15 is 0 Å². The highest BCUT2D eigenvalue weighted by Gasteiger charge is 2.32. The van der Waals surface area contributed by atoms with Gasteiger partial charge in [0.05, 0.1) is 46.6 Å². The highest BCUT2D eigenvalue weighted by molar-refractivity contribution is 5.95. The van der Waals surface area contributed by atoms with Crippen LogP contribution in [-0.4, -0.2) is 194 Å². The van der Waals surface area contributed by atoms with Crippen LogP contribution < -0.4 is 116 Å². The van der Waals surface area contributed by atoms with Crippen LogP contribution in [0.4, 0.5) is 0 Å². The van der Waals surface area contributed by atoms with Crippen molar-refractivity contribution in [2.24, 2.45) is 52.0 Å². The van der Waals surface area contributed by atoms with Gasteiger partial charge in [0.25, 0.3) is 5.91 Å². The zero-order valence-electron chi connectivity index (χ0n) is 65.7. The first-order valence-electron chi connectivity index (χ1n) is 38.3. The first kappa shape index (κ1) is 92.3. The molecule has 4 rings (SSSR count). The molecule has 23 N–H and O–H groups in total. The summed E-state index contributed by atoms with van der Waals surface area (Å²) in [6.07, 6.45) is 8.88. The lowest BCUT2D eigenvalue weighted by Crippen LogP contribution is -2.56. The lowest BCUT2D eigenvalue weighted by molar-refractivity contribution is -0.133. The maximum absolute atomic E-state index is 13.9. The van der Waals surface area contributed by atoms with E-state index in [1.54, 1.807) is 6.07 Å². The molecular formula is C77H126N16O16. The molecule has 10 amide bonds. The molecule has 0 saturated heterocycles. The van der Waals surface area contributed by atoms with E-state index in [2.05, 4.69) is 47.9 Å². The van der Waals surface area contributed by atoms with E-state index in [9.17, 15) is 47.9 Å². The number of rotatable bonds is 52. The number of benzene rings is 3. The van der Waals surface area contributed by atoms with Gasteiger partial charge in [-0.3, -0.25) is 47.9 Å². The molecule has 1 aliphatic rings. The van der Waals surface area contributed by atoms with Crippen molar-refractivity contribution in [1.29, 1.82) is 0 Å². The summed E-state index contributed by atoms with van der Waals surface area (Å²) in [6.45, 7) is 13.8. The third kappa shape index (κ3) is 32.2. The molecule has 0 aliphatic heterocycles. The molecule has 32 nitrogen and oxygen atoms in total. The lowest BCUT2D eigenvalue weighted by atomic mass is 9.94. The quantitative estimate of drug-likeness (QED) is 0.0276. The van der Waals surface area contributed by atoms with Gasteiger partial charge in [-0.05, 0) is 238 Å². The van der Waals surface area contributed by atoms with E-state index in [1.807, 2.05) is 58.0 Å². The van der Waals surface area contributed by atoms with Crippen LogP contribution >= 0.6 is 0 Å². The summed E-state index contributed by atoms with van der Waals surface area (Å²) in [4.78, 5) is 133. The maximum Gasteiger partial charge on any atom is 0.258 e. The van der Waals surface area contributed by atoms with Gasteiger partial charge in [-0.2, -0.15) is 0 Å². The molecule has 3 aromatic rings. The van der Waals surface area contributed by atoms with Gasteiger partial charge in [-0.25, -0.2) is 0 Å². The molecule has 9 atom stereocenters. The minimum absolute atomic E-state index is 0.0281. The SMILES string of the molecule is COc1cc2c(cc1OCCCNC(=O)[C@H](CCCCN)NC(=O)[C@H](CC(C)C)NC(=O)[C@@H](N)CCCCN)Cc1cc(OC)c(OCCCNC(=O)[C@H](CCCCN)NC(=O)[C@H](CC(C)C)NC(=O)[C@@H](N)CCCCN)cc1Cc1cc(OC)c(OCC(=O)N[C@@H](C)C(=O)N[C@@H](C)C(=O)N[C@@H](C)C(N)=O)cc1C2. The fraction of sp³-hybridized carbons (Fsp3) is 0.636. The number of carbonyl (C=O) groups excluding carboxylic acids is 10. The lowest BCUT2D eigenvalue weighted by Gasteiger charge is -2.25. The van der Waals surface area contributed by atoms with Gasteiger partial charge in [-0.15, -0.1) is 0 Å². The molecule has 0 bridgehead atoms. The average Bonchev–Trinajstić information content (AvgIpc) is 1.70. The number of fused-ring (bicyclic) bond motifs is 3. The van der Waals surface area contributed by atoms with Crippen molar-refractivity contribution in [1.82, 2.24) is 47.9 Å². The molecule has 0 heterocycles. The minimum Gasteiger partial charge on any atom is -0.493 e. The summed E-state index contributed by atoms with van der Waals surface area (Å²) in [5.41, 5.74) is 45.6. The molecule has 610 valence electrons. The van der Waals surface area contributed by atoms with Crippen molar-refractivity contribution in [3.8, 4) is 34.5 Å². The van der Waals surface area contributed by atoms with Crippen molar-refractivity contribution in [3.63, 3.8) is 0 Å². The summed E-state index contributed by atoms with van der Waals surface area (Å²) >= 11 is 0. The molecule has 109 heavy (non-hydrogen) atoms. The minimum atomic E-state index is -1.11. The predicted molar refractivity (Wildman–Crippen MR) is 415 cm³/mol. The van der Waals surface area contributed by atoms with E-state index < -0.39 is 120 Å². The van der Waals surface area contributed by atoms with Crippen LogP contribution in [0.2, 0.25) is 0 Å². The van der Waals surface area contributed by atoms with Crippen LogP contribution in [0.3, 0.4) is 0 Å². The van der Waals surface area contributed by atoms with Crippen LogP contribution in [0.1, 0.15) is 185 Å². The Hall–Kier alpha value is -9.08. The van der Waals surface area contributed by atoms with Gasteiger partial charge in [0, 0.05) is 13.1 Å². The smallest absolute Gasteiger partial charge is 0.258 e. The Bertz CT molecular complexity index is 3330. The Morgan fingerprint density at radius 1 is 0.358 bits per heavy atom. The number of nitrogens with one attached hydrogen (secondary N) is 9. The number of ether oxygens (including phenoxy) is 6. The summed E-state index contributed by atoms with van der Waals surface area (Å²) in [5, 5.41) is 24.8. The number of unbranched alkanes of at least 4 members (excludes halogenated alkanes) is 4. The molecule has 1 aliphatic carbocycles. The summed E-state index contributed by atoms with van der Waals surface area (Å²) in [5.74, 6) is -3.24. The molecule has 0 radical (unpaired) electrons. The van der Waals surface area contributed by atoms with Crippen molar-refractivity contribution >= 4 is 59.1 Å². The fourth-order valence-corrected chi connectivity index (χ4v) is 12.1. The summed E-state index contributed by atoms with van der Waals surface area (Å²) < 4.78 is 37.0. The van der Waals surface area contributed by atoms with Crippen LogP contribution in [0.25, 0.3) is 0 Å². The van der Waals surface area contributed by atoms with Crippen LogP contribution in [0.5, 0.6) is 34.5 Å². The molecule has 0 unspecified atom stereocenters. The largest absolute Gasteiger partial charge is 0.493 e. The molecule has 32 heteroatoms. The van der Waals surface area contributed by atoms with Crippen LogP contribution in [-0.2, 0) is 67.2 Å². The average molecular weight is 1530 g/mol. The van der Waals surface area contributed by atoms with Crippen LogP contribution in [0, 0.1) is 11.8 Å². The number of carbonyl (C=O) groups is 10. The predicted octanol–water partition coefficient (Wildman–Crippen LogP) is 1.15. The number of hydrogen-bond donors (Lipinski definition) is 16.